The van der Waals surface area contributed by atoms with Gasteiger partial charge in [-0.2, -0.15) is 0 Å². The van der Waals surface area contributed by atoms with Gasteiger partial charge in [-0.3, -0.25) is 4.79 Å². The summed E-state index contributed by atoms with van der Waals surface area (Å²) >= 11 is 0. The van der Waals surface area contributed by atoms with Crippen LogP contribution in [0.4, 0.5) is 0 Å². The van der Waals surface area contributed by atoms with Crippen molar-refractivity contribution in [2.24, 2.45) is 16.7 Å². The van der Waals surface area contributed by atoms with Gasteiger partial charge in [0.2, 0.25) is 5.70 Å². The summed E-state index contributed by atoms with van der Waals surface area (Å²) in [5.41, 5.74) is -0.625. The summed E-state index contributed by atoms with van der Waals surface area (Å²) in [7, 11) is 0. The molecule has 3 heteroatoms. The Balaban J connectivity index is 2.55. The van der Waals surface area contributed by atoms with Gasteiger partial charge in [0.05, 0.1) is 6.57 Å². The molecule has 0 bridgehead atoms. The summed E-state index contributed by atoms with van der Waals surface area (Å²) in [5, 5.41) is 0. The van der Waals surface area contributed by atoms with Crippen LogP contribution in [0.3, 0.4) is 0 Å². The molecule has 0 aliphatic heterocycles. The Hall–Kier alpha value is -1.43. The highest BCUT2D eigenvalue weighted by molar-refractivity contribution is 6.02. The van der Waals surface area contributed by atoms with Gasteiger partial charge in [-0.05, 0) is 17.8 Å². The van der Waals surface area contributed by atoms with Gasteiger partial charge in [-0.1, -0.05) is 26.8 Å². The van der Waals surface area contributed by atoms with Crippen molar-refractivity contribution in [3.05, 3.63) is 23.2 Å². The molecule has 2 aliphatic rings. The number of fused-ring (bicyclic) bond motifs is 1. The number of nitrogens with zero attached hydrogens (tertiary/aromatic N) is 1. The first-order valence-corrected chi connectivity index (χ1v) is 5.98. The van der Waals surface area contributed by atoms with Crippen molar-refractivity contribution >= 4 is 11.6 Å². The summed E-state index contributed by atoms with van der Waals surface area (Å²) in [5.74, 6) is 0.351. The van der Waals surface area contributed by atoms with Crippen molar-refractivity contribution in [3.63, 3.8) is 0 Å². The van der Waals surface area contributed by atoms with Crippen molar-refractivity contribution in [3.8, 4) is 0 Å². The maximum absolute atomic E-state index is 12.2. The number of ketones is 2. The average molecular weight is 231 g/mol. The zero-order valence-corrected chi connectivity index (χ0v) is 10.5. The van der Waals surface area contributed by atoms with Gasteiger partial charge in [-0.15, -0.1) is 0 Å². The van der Waals surface area contributed by atoms with E-state index in [1.54, 1.807) is 6.08 Å². The van der Waals surface area contributed by atoms with E-state index in [9.17, 15) is 9.59 Å². The molecule has 0 aromatic carbocycles. The smallest absolute Gasteiger partial charge is 0.226 e. The summed E-state index contributed by atoms with van der Waals surface area (Å²) < 4.78 is 0. The first kappa shape index (κ1) is 12.0. The summed E-state index contributed by atoms with van der Waals surface area (Å²) in [4.78, 5) is 27.1. The topological polar surface area (TPSA) is 38.5 Å². The number of carbonyl (C=O) groups excluding carboxylic acids is 2. The molecule has 0 aromatic heterocycles. The molecule has 1 fully saturated rings. The maximum Gasteiger partial charge on any atom is 0.226 e. The molecule has 3 nitrogen and oxygen atoms in total. The highest BCUT2D eigenvalue weighted by Crippen LogP contribution is 2.54. The quantitative estimate of drug-likeness (QED) is 0.601. The molecule has 0 heterocycles. The number of allylic oxidation sites excluding steroid dienone is 2. The van der Waals surface area contributed by atoms with Crippen LogP contribution >= 0.6 is 0 Å². The molecule has 90 valence electrons. The third kappa shape index (κ3) is 1.63. The Morgan fingerprint density at radius 3 is 2.59 bits per heavy atom. The van der Waals surface area contributed by atoms with E-state index >= 15 is 0 Å². The Labute approximate surface area is 102 Å². The molecular formula is C14H17NO2. The second-order valence-electron chi connectivity index (χ2n) is 6.00. The van der Waals surface area contributed by atoms with Crippen LogP contribution in [0, 0.1) is 23.3 Å². The second-order valence-corrected chi connectivity index (χ2v) is 6.00. The fraction of sp³-hybridized carbons (Fsp3) is 0.643. The van der Waals surface area contributed by atoms with E-state index in [0.29, 0.717) is 12.8 Å². The lowest BCUT2D eigenvalue weighted by atomic mass is 9.53. The Morgan fingerprint density at radius 2 is 2.00 bits per heavy atom. The number of hydrogen-bond donors (Lipinski definition) is 0. The summed E-state index contributed by atoms with van der Waals surface area (Å²) in [6, 6.07) is 0. The molecular weight excluding hydrogens is 214 g/mol. The zero-order valence-electron chi connectivity index (χ0n) is 10.5. The number of rotatable bonds is 0. The van der Waals surface area contributed by atoms with E-state index in [1.165, 1.54) is 0 Å². The van der Waals surface area contributed by atoms with Gasteiger partial charge in [0, 0.05) is 18.3 Å². The molecule has 0 aromatic rings. The third-order valence-electron chi connectivity index (χ3n) is 4.36. The van der Waals surface area contributed by atoms with Crippen LogP contribution < -0.4 is 0 Å². The SMILES string of the molecule is [C-]#[N+]C1=C[C@]2(C)CC(=O)CC[C@H]2C(C)(C)C1=O. The van der Waals surface area contributed by atoms with E-state index in [-0.39, 0.29) is 28.6 Å². The predicted octanol–water partition coefficient (Wildman–Crippen LogP) is 2.77. The van der Waals surface area contributed by atoms with Crippen LogP contribution in [0.25, 0.3) is 4.85 Å². The van der Waals surface area contributed by atoms with E-state index in [4.69, 9.17) is 6.57 Å². The summed E-state index contributed by atoms with van der Waals surface area (Å²) in [6.45, 7) is 12.9. The number of hydrogen-bond acceptors (Lipinski definition) is 2. The minimum atomic E-state index is -0.524. The minimum absolute atomic E-state index is 0.0654. The molecule has 0 unspecified atom stereocenters. The van der Waals surface area contributed by atoms with Gasteiger partial charge in [0.1, 0.15) is 5.78 Å². The highest BCUT2D eigenvalue weighted by atomic mass is 16.1. The van der Waals surface area contributed by atoms with Crippen LogP contribution in [0.15, 0.2) is 11.8 Å². The van der Waals surface area contributed by atoms with Gasteiger partial charge < -0.3 is 4.79 Å². The van der Waals surface area contributed by atoms with Crippen molar-refractivity contribution in [1.29, 1.82) is 0 Å². The molecule has 17 heavy (non-hydrogen) atoms. The molecule has 2 aliphatic carbocycles. The lowest BCUT2D eigenvalue weighted by molar-refractivity contribution is -0.136. The minimum Gasteiger partial charge on any atom is -0.307 e. The molecule has 0 saturated heterocycles. The molecule has 1 saturated carbocycles. The predicted molar refractivity (Wildman–Crippen MR) is 63.9 cm³/mol. The largest absolute Gasteiger partial charge is 0.307 e. The molecule has 0 N–H and O–H groups in total. The van der Waals surface area contributed by atoms with Crippen LogP contribution in [-0.2, 0) is 9.59 Å². The lowest BCUT2D eigenvalue weighted by Crippen LogP contribution is -2.49. The van der Waals surface area contributed by atoms with Crippen LogP contribution in [0.1, 0.15) is 40.0 Å². The van der Waals surface area contributed by atoms with Crippen LogP contribution in [-0.4, -0.2) is 11.6 Å². The van der Waals surface area contributed by atoms with Gasteiger partial charge in [0.25, 0.3) is 0 Å². The molecule has 0 radical (unpaired) electrons. The van der Waals surface area contributed by atoms with Gasteiger partial charge >= 0.3 is 0 Å². The molecule has 0 spiro atoms. The van der Waals surface area contributed by atoms with Crippen molar-refractivity contribution in [2.75, 3.05) is 0 Å². The van der Waals surface area contributed by atoms with E-state index in [0.717, 1.165) is 6.42 Å². The zero-order chi connectivity index (χ0) is 12.8. The van der Waals surface area contributed by atoms with Crippen molar-refractivity contribution < 1.29 is 9.59 Å². The average Bonchev–Trinajstić information content (AvgIpc) is 2.23. The lowest BCUT2D eigenvalue weighted by Gasteiger charge is -2.50. The van der Waals surface area contributed by atoms with Crippen molar-refractivity contribution in [1.82, 2.24) is 0 Å². The normalized spacial score (nSPS) is 35.9. The van der Waals surface area contributed by atoms with E-state index < -0.39 is 5.41 Å². The standard InChI is InChI=1S/C14H17NO2/c1-13(2)11-6-5-9(16)7-14(11,3)8-10(15-4)12(13)17/h8,11H,5-7H2,1-3H3/t11-,14-/m0/s1. The monoisotopic (exact) mass is 231 g/mol. The molecule has 2 atom stereocenters. The fourth-order valence-electron chi connectivity index (χ4n) is 3.56. The number of carbonyl (C=O) groups is 2. The second kappa shape index (κ2) is 3.53. The fourth-order valence-corrected chi connectivity index (χ4v) is 3.56. The Bertz CT molecular complexity index is 467. The number of Topliss-reactive ketones (excluding diaryl/α,β-unsaturated/α-hetero) is 2. The van der Waals surface area contributed by atoms with Crippen LogP contribution in [0.5, 0.6) is 0 Å². The van der Waals surface area contributed by atoms with Gasteiger partial charge in [-0.25, -0.2) is 4.85 Å². The van der Waals surface area contributed by atoms with E-state index in [2.05, 4.69) is 4.85 Å². The van der Waals surface area contributed by atoms with Crippen molar-refractivity contribution in [2.45, 2.75) is 40.0 Å². The summed E-state index contributed by atoms with van der Waals surface area (Å²) in [6.07, 6.45) is 3.54. The highest BCUT2D eigenvalue weighted by Gasteiger charge is 2.53. The first-order valence-electron chi connectivity index (χ1n) is 5.98. The van der Waals surface area contributed by atoms with Crippen LogP contribution in [0.2, 0.25) is 0 Å². The Kier molecular flexibility index (Phi) is 2.50. The van der Waals surface area contributed by atoms with Gasteiger partial charge in [0.15, 0.2) is 5.78 Å². The van der Waals surface area contributed by atoms with E-state index in [1.807, 2.05) is 20.8 Å². The third-order valence-corrected chi connectivity index (χ3v) is 4.36. The molecule has 2 rings (SSSR count). The first-order chi connectivity index (χ1) is 7.81. The molecule has 0 amide bonds. The Morgan fingerprint density at radius 1 is 1.35 bits per heavy atom. The maximum atomic E-state index is 12.2.